The lowest BCUT2D eigenvalue weighted by molar-refractivity contribution is 0.482. The molecule has 0 saturated heterocycles. The minimum atomic E-state index is 0.869. The number of benzene rings is 4. The Hall–Kier alpha value is -3.32. The summed E-state index contributed by atoms with van der Waals surface area (Å²) in [6.07, 6.45) is 0. The van der Waals surface area contributed by atoms with E-state index < -0.39 is 0 Å². The van der Waals surface area contributed by atoms with Gasteiger partial charge in [0.15, 0.2) is 0 Å². The number of para-hydroxylation sites is 2. The maximum atomic E-state index is 5.58. The van der Waals surface area contributed by atoms with Crippen LogP contribution in [0.3, 0.4) is 0 Å². The molecule has 0 heterocycles. The van der Waals surface area contributed by atoms with E-state index in [1.807, 2.05) is 66.7 Å². The molecule has 0 aliphatic rings. The van der Waals surface area contributed by atoms with Gasteiger partial charge in [0.2, 0.25) is 0 Å². The van der Waals surface area contributed by atoms with Crippen molar-refractivity contribution in [3.63, 3.8) is 0 Å². The first kappa shape index (κ1) is 17.5. The summed E-state index contributed by atoms with van der Waals surface area (Å²) in [6.45, 7) is 2.12. The van der Waals surface area contributed by atoms with Gasteiger partial charge in [0.25, 0.3) is 0 Å². The van der Waals surface area contributed by atoms with E-state index in [1.165, 1.54) is 16.7 Å². The van der Waals surface area contributed by atoms with E-state index in [-0.39, 0.29) is 0 Å². The normalized spacial score (nSPS) is 9.73. The Morgan fingerprint density at radius 3 is 1.42 bits per heavy atom. The van der Waals surface area contributed by atoms with Crippen LogP contribution in [0, 0.1) is 6.92 Å². The van der Waals surface area contributed by atoms with Crippen molar-refractivity contribution in [2.45, 2.75) is 6.92 Å². The first-order chi connectivity index (χ1) is 12.8. The Balaban J connectivity index is 0.000000151. The average Bonchev–Trinajstić information content (AvgIpc) is 2.71. The van der Waals surface area contributed by atoms with E-state index in [9.17, 15) is 0 Å². The monoisotopic (exact) mass is 338 g/mol. The molecule has 0 saturated carbocycles. The van der Waals surface area contributed by atoms with Gasteiger partial charge in [0.05, 0.1) is 0 Å². The summed E-state index contributed by atoms with van der Waals surface area (Å²) in [7, 11) is 0. The van der Waals surface area contributed by atoms with E-state index >= 15 is 0 Å². The largest absolute Gasteiger partial charge is 0.457 e. The molecule has 0 atom stereocenters. The summed E-state index contributed by atoms with van der Waals surface area (Å²) < 4.78 is 5.58. The van der Waals surface area contributed by atoms with Gasteiger partial charge in [0.1, 0.15) is 11.5 Å². The van der Waals surface area contributed by atoms with Crippen molar-refractivity contribution in [2.24, 2.45) is 0 Å². The molecule has 0 fully saturated rings. The standard InChI is InChI=1S/C13H12.C12H10O/c1-11-6-5-9-13(10-11)12-7-3-2-4-8-12;1-3-7-11(8-4-1)13-12-9-5-2-6-10-12/h2-10H,1H3;1-10H. The fourth-order valence-corrected chi connectivity index (χ4v) is 2.57. The van der Waals surface area contributed by atoms with E-state index in [1.54, 1.807) is 0 Å². The van der Waals surface area contributed by atoms with Crippen LogP contribution in [-0.4, -0.2) is 0 Å². The second-order valence-corrected chi connectivity index (χ2v) is 5.96. The van der Waals surface area contributed by atoms with Crippen LogP contribution in [-0.2, 0) is 0 Å². The number of hydrogen-bond donors (Lipinski definition) is 0. The van der Waals surface area contributed by atoms with Crippen molar-refractivity contribution >= 4 is 0 Å². The third-order valence-electron chi connectivity index (χ3n) is 3.85. The van der Waals surface area contributed by atoms with Gasteiger partial charge in [-0.05, 0) is 42.3 Å². The van der Waals surface area contributed by atoms with Crippen LogP contribution in [0.4, 0.5) is 0 Å². The quantitative estimate of drug-likeness (QED) is 0.386. The van der Waals surface area contributed by atoms with Crippen LogP contribution >= 0.6 is 0 Å². The van der Waals surface area contributed by atoms with Crippen molar-refractivity contribution in [1.82, 2.24) is 0 Å². The first-order valence-corrected chi connectivity index (χ1v) is 8.71. The van der Waals surface area contributed by atoms with Crippen molar-refractivity contribution in [3.8, 4) is 22.6 Å². The molecule has 0 spiro atoms. The average molecular weight is 338 g/mol. The second kappa shape index (κ2) is 9.24. The number of ether oxygens (including phenoxy) is 1. The molecule has 0 aromatic heterocycles. The molecule has 0 radical (unpaired) electrons. The van der Waals surface area contributed by atoms with Gasteiger partial charge in [0, 0.05) is 0 Å². The Bertz CT molecular complexity index is 863. The molecule has 1 heteroatoms. The van der Waals surface area contributed by atoms with Crippen LogP contribution < -0.4 is 4.74 Å². The molecule has 1 nitrogen and oxygen atoms in total. The van der Waals surface area contributed by atoms with Gasteiger partial charge in [-0.15, -0.1) is 0 Å². The van der Waals surface area contributed by atoms with Crippen LogP contribution in [0.1, 0.15) is 5.56 Å². The Morgan fingerprint density at radius 2 is 0.923 bits per heavy atom. The van der Waals surface area contributed by atoms with Gasteiger partial charge in [-0.2, -0.15) is 0 Å². The zero-order valence-electron chi connectivity index (χ0n) is 14.9. The molecule has 0 amide bonds. The molecule has 0 aliphatic heterocycles. The van der Waals surface area contributed by atoms with Crippen molar-refractivity contribution in [3.05, 3.63) is 121 Å². The molecule has 0 aliphatic carbocycles. The molecule has 4 aromatic rings. The SMILES string of the molecule is Cc1cccc(-c2ccccc2)c1.c1ccc(Oc2ccccc2)cc1. The summed E-state index contributed by atoms with van der Waals surface area (Å²) in [5.74, 6) is 1.74. The summed E-state index contributed by atoms with van der Waals surface area (Å²) in [6, 6.07) is 38.5. The molecule has 0 bridgehead atoms. The predicted molar refractivity (Wildman–Crippen MR) is 110 cm³/mol. The topological polar surface area (TPSA) is 9.23 Å². The number of rotatable bonds is 3. The summed E-state index contributed by atoms with van der Waals surface area (Å²) in [5, 5.41) is 0. The second-order valence-electron chi connectivity index (χ2n) is 5.96. The maximum absolute atomic E-state index is 5.58. The minimum absolute atomic E-state index is 0.869. The van der Waals surface area contributed by atoms with E-state index in [2.05, 4.69) is 55.5 Å². The van der Waals surface area contributed by atoms with Crippen molar-refractivity contribution in [2.75, 3.05) is 0 Å². The van der Waals surface area contributed by atoms with E-state index in [4.69, 9.17) is 4.74 Å². The predicted octanol–water partition coefficient (Wildman–Crippen LogP) is 7.14. The van der Waals surface area contributed by atoms with Gasteiger partial charge in [-0.25, -0.2) is 0 Å². The molecule has 128 valence electrons. The third-order valence-corrected chi connectivity index (χ3v) is 3.85. The summed E-state index contributed by atoms with van der Waals surface area (Å²) in [5.41, 5.74) is 3.88. The van der Waals surface area contributed by atoms with Crippen molar-refractivity contribution < 1.29 is 4.74 Å². The third kappa shape index (κ3) is 5.35. The smallest absolute Gasteiger partial charge is 0.127 e. The lowest BCUT2D eigenvalue weighted by atomic mass is 10.0. The summed E-state index contributed by atoms with van der Waals surface area (Å²) in [4.78, 5) is 0. The molecule has 0 unspecified atom stereocenters. The van der Waals surface area contributed by atoms with Crippen LogP contribution in [0.15, 0.2) is 115 Å². The molecular weight excluding hydrogens is 316 g/mol. The molecule has 26 heavy (non-hydrogen) atoms. The van der Waals surface area contributed by atoms with Crippen LogP contribution in [0.5, 0.6) is 11.5 Å². The highest BCUT2D eigenvalue weighted by atomic mass is 16.5. The van der Waals surface area contributed by atoms with Gasteiger partial charge >= 0.3 is 0 Å². The lowest BCUT2D eigenvalue weighted by Gasteiger charge is -2.03. The highest BCUT2D eigenvalue weighted by Gasteiger charge is 1.95. The Morgan fingerprint density at radius 1 is 0.462 bits per heavy atom. The zero-order chi connectivity index (χ0) is 18.0. The molecule has 0 N–H and O–H groups in total. The fourth-order valence-electron chi connectivity index (χ4n) is 2.57. The molecule has 4 rings (SSSR count). The van der Waals surface area contributed by atoms with Crippen LogP contribution in [0.2, 0.25) is 0 Å². The van der Waals surface area contributed by atoms with Crippen molar-refractivity contribution in [1.29, 1.82) is 0 Å². The zero-order valence-corrected chi connectivity index (χ0v) is 14.9. The summed E-state index contributed by atoms with van der Waals surface area (Å²) >= 11 is 0. The van der Waals surface area contributed by atoms with Crippen LogP contribution in [0.25, 0.3) is 11.1 Å². The van der Waals surface area contributed by atoms with E-state index in [0.717, 1.165) is 11.5 Å². The molecular formula is C25H22O. The lowest BCUT2D eigenvalue weighted by Crippen LogP contribution is -1.81. The maximum Gasteiger partial charge on any atom is 0.127 e. The minimum Gasteiger partial charge on any atom is -0.457 e. The Labute approximate surface area is 155 Å². The van der Waals surface area contributed by atoms with Gasteiger partial charge in [-0.3, -0.25) is 0 Å². The van der Waals surface area contributed by atoms with Gasteiger partial charge in [-0.1, -0.05) is 96.6 Å². The number of aryl methyl sites for hydroxylation is 1. The van der Waals surface area contributed by atoms with E-state index in [0.29, 0.717) is 0 Å². The first-order valence-electron chi connectivity index (χ1n) is 8.71. The highest BCUT2D eigenvalue weighted by molar-refractivity contribution is 5.63. The molecule has 4 aromatic carbocycles. The Kier molecular flexibility index (Phi) is 6.22. The number of hydrogen-bond acceptors (Lipinski definition) is 1. The van der Waals surface area contributed by atoms with Gasteiger partial charge < -0.3 is 4.74 Å². The highest BCUT2D eigenvalue weighted by Crippen LogP contribution is 2.20. The fraction of sp³-hybridized carbons (Fsp3) is 0.0400.